The van der Waals surface area contributed by atoms with Crippen LogP contribution in [0.1, 0.15) is 12.5 Å². The van der Waals surface area contributed by atoms with Gasteiger partial charge in [0.05, 0.1) is 10.0 Å². The minimum Gasteiger partial charge on any atom is -0.330 e. The maximum Gasteiger partial charge on any atom is 0.0595 e. The molecule has 1 atom stereocenters. The summed E-state index contributed by atoms with van der Waals surface area (Å²) in [6.45, 7) is 6.44. The second-order valence-electron chi connectivity index (χ2n) is 3.99. The molecule has 1 rings (SSSR count). The highest BCUT2D eigenvalue weighted by Crippen LogP contribution is 2.27. The molecule has 0 aliphatic rings. The van der Waals surface area contributed by atoms with Gasteiger partial charge in [-0.1, -0.05) is 42.3 Å². The summed E-state index contributed by atoms with van der Waals surface area (Å²) in [5.41, 5.74) is 6.74. The first kappa shape index (κ1) is 12.6. The van der Waals surface area contributed by atoms with Gasteiger partial charge >= 0.3 is 0 Å². The van der Waals surface area contributed by atoms with E-state index < -0.39 is 0 Å². The fourth-order valence-electron chi connectivity index (χ4n) is 1.34. The fourth-order valence-corrected chi connectivity index (χ4v) is 1.66. The summed E-state index contributed by atoms with van der Waals surface area (Å²) in [4.78, 5) is 0. The van der Waals surface area contributed by atoms with Crippen molar-refractivity contribution in [2.45, 2.75) is 13.3 Å². The Morgan fingerprint density at radius 1 is 1.40 bits per heavy atom. The average Bonchev–Trinajstić information content (AvgIpc) is 2.23. The molecule has 3 heteroatoms. The lowest BCUT2D eigenvalue weighted by Gasteiger charge is -2.23. The lowest BCUT2D eigenvalue weighted by Crippen LogP contribution is -2.27. The Bertz CT molecular complexity index is 363. The highest BCUT2D eigenvalue weighted by Gasteiger charge is 2.18. The van der Waals surface area contributed by atoms with Gasteiger partial charge in [-0.2, -0.15) is 0 Å². The molecule has 2 N–H and O–H groups in total. The minimum atomic E-state index is -0.0862. The molecule has 1 aromatic rings. The van der Waals surface area contributed by atoms with E-state index >= 15 is 0 Å². The third-order valence-corrected chi connectivity index (χ3v) is 3.29. The monoisotopic (exact) mass is 243 g/mol. The predicted molar refractivity (Wildman–Crippen MR) is 67.5 cm³/mol. The molecule has 0 spiro atoms. The van der Waals surface area contributed by atoms with Gasteiger partial charge in [0.1, 0.15) is 0 Å². The van der Waals surface area contributed by atoms with E-state index in [0.29, 0.717) is 16.6 Å². The number of rotatable bonds is 4. The molecule has 0 saturated carbocycles. The van der Waals surface area contributed by atoms with Gasteiger partial charge in [-0.25, -0.2) is 0 Å². The SMILES string of the molecule is C=CC(C)(CN)Cc1ccc(Cl)c(Cl)c1. The van der Waals surface area contributed by atoms with Crippen LogP contribution in [0.25, 0.3) is 0 Å². The first-order chi connectivity index (χ1) is 7.00. The van der Waals surface area contributed by atoms with Gasteiger partial charge < -0.3 is 5.73 Å². The predicted octanol–water partition coefficient (Wildman–Crippen LogP) is 3.69. The Kier molecular flexibility index (Phi) is 4.21. The third-order valence-electron chi connectivity index (χ3n) is 2.55. The van der Waals surface area contributed by atoms with Gasteiger partial charge in [0, 0.05) is 12.0 Å². The second-order valence-corrected chi connectivity index (χ2v) is 4.80. The molecule has 1 aromatic carbocycles. The molecule has 82 valence electrons. The quantitative estimate of drug-likeness (QED) is 0.803. The lowest BCUT2D eigenvalue weighted by molar-refractivity contribution is 0.439. The summed E-state index contributed by atoms with van der Waals surface area (Å²) in [5.74, 6) is 0. The molecule has 1 nitrogen and oxygen atoms in total. The summed E-state index contributed by atoms with van der Waals surface area (Å²) >= 11 is 11.8. The van der Waals surface area contributed by atoms with Crippen molar-refractivity contribution >= 4 is 23.2 Å². The van der Waals surface area contributed by atoms with E-state index in [0.717, 1.165) is 12.0 Å². The summed E-state index contributed by atoms with van der Waals surface area (Å²) in [6.07, 6.45) is 2.71. The first-order valence-electron chi connectivity index (χ1n) is 4.78. The lowest BCUT2D eigenvalue weighted by atomic mass is 9.84. The number of benzene rings is 1. The van der Waals surface area contributed by atoms with Crippen LogP contribution in [0.2, 0.25) is 10.0 Å². The van der Waals surface area contributed by atoms with Crippen LogP contribution in [0.5, 0.6) is 0 Å². The Hall–Kier alpha value is -0.500. The van der Waals surface area contributed by atoms with Gasteiger partial charge in [0.25, 0.3) is 0 Å². The molecule has 0 amide bonds. The van der Waals surface area contributed by atoms with Gasteiger partial charge in [-0.05, 0) is 24.1 Å². The second kappa shape index (κ2) is 5.02. The van der Waals surface area contributed by atoms with Crippen molar-refractivity contribution in [3.05, 3.63) is 46.5 Å². The summed E-state index contributed by atoms with van der Waals surface area (Å²) in [7, 11) is 0. The van der Waals surface area contributed by atoms with E-state index in [4.69, 9.17) is 28.9 Å². The van der Waals surface area contributed by atoms with Gasteiger partial charge in [-0.3, -0.25) is 0 Å². The summed E-state index contributed by atoms with van der Waals surface area (Å²) in [6, 6.07) is 5.65. The van der Waals surface area contributed by atoms with E-state index in [1.807, 2.05) is 18.2 Å². The van der Waals surface area contributed by atoms with E-state index in [1.54, 1.807) is 6.07 Å². The van der Waals surface area contributed by atoms with E-state index in [1.165, 1.54) is 0 Å². The Morgan fingerprint density at radius 2 is 2.07 bits per heavy atom. The molecule has 0 fully saturated rings. The van der Waals surface area contributed by atoms with Crippen molar-refractivity contribution in [2.75, 3.05) is 6.54 Å². The molecule has 0 bridgehead atoms. The number of hydrogen-bond acceptors (Lipinski definition) is 1. The van der Waals surface area contributed by atoms with Gasteiger partial charge in [-0.15, -0.1) is 6.58 Å². The molecule has 0 saturated heterocycles. The zero-order chi connectivity index (χ0) is 11.5. The Balaban J connectivity index is 2.89. The van der Waals surface area contributed by atoms with Crippen molar-refractivity contribution in [1.29, 1.82) is 0 Å². The largest absolute Gasteiger partial charge is 0.330 e. The molecule has 15 heavy (non-hydrogen) atoms. The van der Waals surface area contributed by atoms with Crippen LogP contribution in [0.15, 0.2) is 30.9 Å². The zero-order valence-corrected chi connectivity index (χ0v) is 10.3. The molecule has 0 radical (unpaired) electrons. The fraction of sp³-hybridized carbons (Fsp3) is 0.333. The van der Waals surface area contributed by atoms with Crippen LogP contribution in [-0.2, 0) is 6.42 Å². The van der Waals surface area contributed by atoms with E-state index in [-0.39, 0.29) is 5.41 Å². The normalized spacial score (nSPS) is 14.7. The zero-order valence-electron chi connectivity index (χ0n) is 8.76. The van der Waals surface area contributed by atoms with Crippen LogP contribution < -0.4 is 5.73 Å². The molecule has 0 aromatic heterocycles. The van der Waals surface area contributed by atoms with E-state index in [2.05, 4.69) is 13.5 Å². The maximum atomic E-state index is 5.94. The molecular weight excluding hydrogens is 229 g/mol. The van der Waals surface area contributed by atoms with Crippen molar-refractivity contribution < 1.29 is 0 Å². The highest BCUT2D eigenvalue weighted by atomic mass is 35.5. The number of hydrogen-bond donors (Lipinski definition) is 1. The maximum absolute atomic E-state index is 5.94. The van der Waals surface area contributed by atoms with Crippen molar-refractivity contribution in [3.8, 4) is 0 Å². The molecule has 0 heterocycles. The van der Waals surface area contributed by atoms with Crippen molar-refractivity contribution in [1.82, 2.24) is 0 Å². The van der Waals surface area contributed by atoms with Crippen molar-refractivity contribution in [3.63, 3.8) is 0 Å². The number of nitrogens with two attached hydrogens (primary N) is 1. The smallest absolute Gasteiger partial charge is 0.0595 e. The first-order valence-corrected chi connectivity index (χ1v) is 5.54. The molecule has 1 unspecified atom stereocenters. The topological polar surface area (TPSA) is 26.0 Å². The minimum absolute atomic E-state index is 0.0862. The van der Waals surface area contributed by atoms with Crippen LogP contribution in [0.3, 0.4) is 0 Å². The van der Waals surface area contributed by atoms with Gasteiger partial charge in [0.2, 0.25) is 0 Å². The summed E-state index contributed by atoms with van der Waals surface area (Å²) < 4.78 is 0. The van der Waals surface area contributed by atoms with Crippen LogP contribution in [0.4, 0.5) is 0 Å². The van der Waals surface area contributed by atoms with E-state index in [9.17, 15) is 0 Å². The number of halogens is 2. The van der Waals surface area contributed by atoms with Crippen LogP contribution in [-0.4, -0.2) is 6.54 Å². The van der Waals surface area contributed by atoms with Crippen LogP contribution >= 0.6 is 23.2 Å². The molecular formula is C12H15Cl2N. The average molecular weight is 244 g/mol. The Labute approximate surface area is 101 Å². The Morgan fingerprint density at radius 3 is 2.53 bits per heavy atom. The van der Waals surface area contributed by atoms with Crippen LogP contribution in [0, 0.1) is 5.41 Å². The standard InChI is InChI=1S/C12H15Cl2N/c1-3-12(2,8-15)7-9-4-5-10(13)11(14)6-9/h3-6H,1,7-8,15H2,2H3. The van der Waals surface area contributed by atoms with Crippen molar-refractivity contribution in [2.24, 2.45) is 11.1 Å². The summed E-state index contributed by atoms with van der Waals surface area (Å²) in [5, 5.41) is 1.16. The molecule has 0 aliphatic heterocycles. The highest BCUT2D eigenvalue weighted by molar-refractivity contribution is 6.42. The molecule has 0 aliphatic carbocycles. The third kappa shape index (κ3) is 3.23. The van der Waals surface area contributed by atoms with Gasteiger partial charge in [0.15, 0.2) is 0 Å².